The van der Waals surface area contributed by atoms with E-state index in [0.29, 0.717) is 0 Å². The predicted octanol–water partition coefficient (Wildman–Crippen LogP) is 2.45. The van der Waals surface area contributed by atoms with Crippen LogP contribution in [0.2, 0.25) is 0 Å². The van der Waals surface area contributed by atoms with Gasteiger partial charge in [0.15, 0.2) is 0 Å². The minimum atomic E-state index is 0. The molecule has 0 N–H and O–H groups in total. The number of rotatable bonds is 0. The molecule has 0 amide bonds. The van der Waals surface area contributed by atoms with E-state index in [9.17, 15) is 0 Å². The molecule has 1 aliphatic rings. The Bertz CT molecular complexity index is 345. The van der Waals surface area contributed by atoms with E-state index in [1.807, 2.05) is 31.6 Å². The van der Waals surface area contributed by atoms with Crippen molar-refractivity contribution < 1.29 is 0 Å². The van der Waals surface area contributed by atoms with Crippen LogP contribution in [-0.4, -0.2) is 13.3 Å². The third kappa shape index (κ3) is 1.90. The first kappa shape index (κ1) is 9.81. The van der Waals surface area contributed by atoms with Gasteiger partial charge >= 0.3 is 0 Å². The van der Waals surface area contributed by atoms with Crippen LogP contribution in [0.15, 0.2) is 41.7 Å². The fraction of sp³-hybridized carbons (Fsp3) is 0.100. The molecule has 1 aromatic carbocycles. The Hall–Kier alpha value is -1.28. The second kappa shape index (κ2) is 4.10. The minimum Gasteiger partial charge on any atom is -0.349 e. The lowest BCUT2D eigenvalue weighted by molar-refractivity contribution is 1.20. The van der Waals surface area contributed by atoms with Crippen molar-refractivity contribution in [1.82, 2.24) is 0 Å². The van der Waals surface area contributed by atoms with Crippen molar-refractivity contribution in [2.24, 2.45) is 4.99 Å². The maximum atomic E-state index is 4.12. The van der Waals surface area contributed by atoms with Crippen LogP contribution in [0.4, 0.5) is 5.69 Å². The van der Waals surface area contributed by atoms with Gasteiger partial charge in [0.1, 0.15) is 0 Å². The highest BCUT2D eigenvalue weighted by atomic mass is 35.5. The summed E-state index contributed by atoms with van der Waals surface area (Å²) in [4.78, 5) is 6.17. The van der Waals surface area contributed by atoms with Crippen molar-refractivity contribution in [3.8, 4) is 0 Å². The predicted molar refractivity (Wildman–Crippen MR) is 58.8 cm³/mol. The largest absolute Gasteiger partial charge is 0.349 e. The number of hydrogen-bond donors (Lipinski definition) is 0. The summed E-state index contributed by atoms with van der Waals surface area (Å²) in [6, 6.07) is 8.19. The molecule has 2 rings (SSSR count). The molecular formula is C10H11ClN2. The molecule has 2 nitrogen and oxygen atoms in total. The number of fused-ring (bicyclic) bond motifs is 1. The number of hydrogen-bond acceptors (Lipinski definition) is 2. The molecule has 0 atom stereocenters. The first-order chi connectivity index (χ1) is 5.88. The van der Waals surface area contributed by atoms with Gasteiger partial charge in [-0.05, 0) is 6.07 Å². The molecule has 0 spiro atoms. The van der Waals surface area contributed by atoms with Gasteiger partial charge in [0.2, 0.25) is 0 Å². The van der Waals surface area contributed by atoms with Gasteiger partial charge in [-0.1, -0.05) is 18.2 Å². The molecule has 0 aromatic heterocycles. The molecule has 1 heterocycles. The number of aliphatic imine (C=N–C) groups is 1. The van der Waals surface area contributed by atoms with Crippen molar-refractivity contribution in [2.45, 2.75) is 0 Å². The summed E-state index contributed by atoms with van der Waals surface area (Å²) in [7, 11) is 2.02. The third-order valence-electron chi connectivity index (χ3n) is 1.91. The van der Waals surface area contributed by atoms with Gasteiger partial charge in [0, 0.05) is 36.9 Å². The minimum absolute atomic E-state index is 0. The Morgan fingerprint density at radius 1 is 1.23 bits per heavy atom. The van der Waals surface area contributed by atoms with E-state index < -0.39 is 0 Å². The maximum Gasteiger partial charge on any atom is 0.0493 e. The first-order valence-corrected chi connectivity index (χ1v) is 3.89. The molecule has 0 aliphatic carbocycles. The van der Waals surface area contributed by atoms with Crippen molar-refractivity contribution >= 4 is 24.3 Å². The molecule has 1 aliphatic heterocycles. The highest BCUT2D eigenvalue weighted by Crippen LogP contribution is 2.18. The van der Waals surface area contributed by atoms with Crippen LogP contribution < -0.4 is 4.90 Å². The zero-order chi connectivity index (χ0) is 8.39. The summed E-state index contributed by atoms with van der Waals surface area (Å²) in [6.07, 6.45) is 5.61. The van der Waals surface area contributed by atoms with E-state index >= 15 is 0 Å². The van der Waals surface area contributed by atoms with E-state index in [-0.39, 0.29) is 12.4 Å². The van der Waals surface area contributed by atoms with Crippen LogP contribution in [0, 0.1) is 0 Å². The van der Waals surface area contributed by atoms with Gasteiger partial charge in [-0.25, -0.2) is 0 Å². The van der Waals surface area contributed by atoms with E-state index in [4.69, 9.17) is 0 Å². The first-order valence-electron chi connectivity index (χ1n) is 3.89. The van der Waals surface area contributed by atoms with Crippen molar-refractivity contribution in [2.75, 3.05) is 11.9 Å². The normalized spacial score (nSPS) is 13.2. The zero-order valence-electron chi connectivity index (χ0n) is 7.34. The van der Waals surface area contributed by atoms with Crippen LogP contribution >= 0.6 is 12.4 Å². The molecule has 13 heavy (non-hydrogen) atoms. The average Bonchev–Trinajstić information content (AvgIpc) is 2.29. The number of benzene rings is 1. The molecule has 0 radical (unpaired) electrons. The molecule has 0 bridgehead atoms. The third-order valence-corrected chi connectivity index (χ3v) is 1.91. The number of anilines is 1. The van der Waals surface area contributed by atoms with Gasteiger partial charge in [-0.2, -0.15) is 0 Å². The summed E-state index contributed by atoms with van der Waals surface area (Å²) in [5.74, 6) is 0. The molecule has 3 heteroatoms. The van der Waals surface area contributed by atoms with E-state index in [1.54, 1.807) is 6.20 Å². The Morgan fingerprint density at radius 3 is 2.85 bits per heavy atom. The van der Waals surface area contributed by atoms with E-state index in [1.165, 1.54) is 5.69 Å². The lowest BCUT2D eigenvalue weighted by atomic mass is 10.2. The number of para-hydroxylation sites is 1. The quantitative estimate of drug-likeness (QED) is 0.620. The van der Waals surface area contributed by atoms with Gasteiger partial charge in [0.25, 0.3) is 0 Å². The summed E-state index contributed by atoms with van der Waals surface area (Å²) >= 11 is 0. The highest BCUT2D eigenvalue weighted by Gasteiger charge is 2.03. The van der Waals surface area contributed by atoms with E-state index in [2.05, 4.69) is 22.0 Å². The zero-order valence-corrected chi connectivity index (χ0v) is 8.16. The monoisotopic (exact) mass is 194 g/mol. The van der Waals surface area contributed by atoms with Gasteiger partial charge in [-0.3, -0.25) is 4.99 Å². The van der Waals surface area contributed by atoms with Crippen LogP contribution in [0.5, 0.6) is 0 Å². The highest BCUT2D eigenvalue weighted by molar-refractivity contribution is 5.89. The lowest BCUT2D eigenvalue weighted by Gasteiger charge is -2.14. The van der Waals surface area contributed by atoms with Gasteiger partial charge < -0.3 is 4.90 Å². The van der Waals surface area contributed by atoms with Crippen LogP contribution in [-0.2, 0) is 0 Å². The topological polar surface area (TPSA) is 15.6 Å². The summed E-state index contributed by atoms with van der Waals surface area (Å²) in [6.45, 7) is 0. The lowest BCUT2D eigenvalue weighted by Crippen LogP contribution is -2.08. The second-order valence-corrected chi connectivity index (χ2v) is 2.75. The summed E-state index contributed by atoms with van der Waals surface area (Å²) < 4.78 is 0. The van der Waals surface area contributed by atoms with Gasteiger partial charge in [0.05, 0.1) is 0 Å². The maximum absolute atomic E-state index is 4.12. The Morgan fingerprint density at radius 2 is 2.00 bits per heavy atom. The fourth-order valence-corrected chi connectivity index (χ4v) is 1.26. The van der Waals surface area contributed by atoms with Crippen LogP contribution in [0.25, 0.3) is 0 Å². The van der Waals surface area contributed by atoms with Crippen LogP contribution in [0.3, 0.4) is 0 Å². The molecule has 0 saturated heterocycles. The summed E-state index contributed by atoms with van der Waals surface area (Å²) in [5, 5.41) is 0. The van der Waals surface area contributed by atoms with Crippen molar-refractivity contribution in [1.29, 1.82) is 0 Å². The smallest absolute Gasteiger partial charge is 0.0493 e. The fourth-order valence-electron chi connectivity index (χ4n) is 1.26. The molecular weight excluding hydrogens is 184 g/mol. The molecule has 0 fully saturated rings. The Labute approximate surface area is 84.0 Å². The summed E-state index contributed by atoms with van der Waals surface area (Å²) in [5.41, 5.74) is 2.35. The molecule has 0 unspecified atom stereocenters. The molecule has 1 aromatic rings. The molecule has 0 saturated carbocycles. The van der Waals surface area contributed by atoms with Crippen LogP contribution in [0.1, 0.15) is 5.56 Å². The van der Waals surface area contributed by atoms with Crippen molar-refractivity contribution in [3.63, 3.8) is 0 Å². The van der Waals surface area contributed by atoms with E-state index in [0.717, 1.165) is 5.56 Å². The second-order valence-electron chi connectivity index (χ2n) is 2.75. The number of halogens is 1. The van der Waals surface area contributed by atoms with Crippen molar-refractivity contribution in [3.05, 3.63) is 42.2 Å². The molecule has 68 valence electrons. The SMILES string of the molecule is CN1C=CN=Cc2ccccc21.Cl. The Kier molecular flexibility index (Phi) is 3.09. The number of nitrogens with zero attached hydrogens (tertiary/aromatic N) is 2. The average molecular weight is 195 g/mol. The van der Waals surface area contributed by atoms with Gasteiger partial charge in [-0.15, -0.1) is 12.4 Å². The Balaban J connectivity index is 0.000000845. The standard InChI is InChI=1S/C10H10N2.ClH/c1-12-7-6-11-8-9-4-2-3-5-10(9)12;/h2-8H,1H3;1H.